The third kappa shape index (κ3) is 7.26. The number of anilines is 1. The number of allylic oxidation sites excluding steroid dienone is 1. The van der Waals surface area contributed by atoms with Crippen LogP contribution in [0.3, 0.4) is 0 Å². The summed E-state index contributed by atoms with van der Waals surface area (Å²) in [6, 6.07) is 18.8. The number of benzene rings is 2. The molecule has 1 saturated heterocycles. The van der Waals surface area contributed by atoms with Crippen molar-refractivity contribution in [2.75, 3.05) is 37.6 Å². The fourth-order valence-electron chi connectivity index (χ4n) is 6.12. The summed E-state index contributed by atoms with van der Waals surface area (Å²) >= 11 is 6.15. The second-order valence-electron chi connectivity index (χ2n) is 12.6. The first-order valence-electron chi connectivity index (χ1n) is 14.9. The second-order valence-corrected chi connectivity index (χ2v) is 13.0. The standard InChI is InChI=1S/C28H35ClN2O.C8H8N2/c1-20-17-25(9-10-26(20)21(2)32)31-15-13-30(14-16-31)19-23-11-12-28(3,4)18-27(23)22-5-7-24(29)8-6-22;1-6-4-7-2-3-9-8(7)10-5-6/h5-10,17,32H,2,11-16,18-19H2,1,3-4H3;2-5H,1H3,(H,9,10). The molecule has 0 saturated carbocycles. The summed E-state index contributed by atoms with van der Waals surface area (Å²) in [7, 11) is 0. The average Bonchev–Trinajstić information content (AvgIpc) is 3.43. The number of aromatic nitrogens is 2. The molecule has 2 N–H and O–H groups in total. The molecule has 42 heavy (non-hydrogen) atoms. The molecule has 1 aliphatic carbocycles. The molecular weight excluding hydrogens is 540 g/mol. The Hall–Kier alpha value is -3.54. The Labute approximate surface area is 255 Å². The number of hydrogen-bond acceptors (Lipinski definition) is 4. The number of nitrogens with zero attached hydrogens (tertiary/aromatic N) is 3. The Morgan fingerprint density at radius 2 is 1.76 bits per heavy atom. The maximum atomic E-state index is 9.72. The van der Waals surface area contributed by atoms with Crippen molar-refractivity contribution in [3.05, 3.63) is 106 Å². The number of halogens is 1. The second kappa shape index (κ2) is 12.8. The molecule has 0 spiro atoms. The van der Waals surface area contributed by atoms with Crippen molar-refractivity contribution in [2.45, 2.75) is 47.0 Å². The number of nitrogens with one attached hydrogen (secondary N) is 1. The van der Waals surface area contributed by atoms with E-state index in [4.69, 9.17) is 11.6 Å². The highest BCUT2D eigenvalue weighted by molar-refractivity contribution is 6.30. The van der Waals surface area contributed by atoms with Gasteiger partial charge in [-0.2, -0.15) is 0 Å². The van der Waals surface area contributed by atoms with Crippen molar-refractivity contribution >= 4 is 39.7 Å². The molecule has 1 aliphatic heterocycles. The van der Waals surface area contributed by atoms with Crippen LogP contribution in [0.1, 0.15) is 55.4 Å². The van der Waals surface area contributed by atoms with Gasteiger partial charge in [0.15, 0.2) is 0 Å². The number of aromatic amines is 1. The van der Waals surface area contributed by atoms with Crippen LogP contribution in [0.15, 0.2) is 79.1 Å². The number of aliphatic hydroxyl groups excluding tert-OH is 1. The molecule has 3 heterocycles. The van der Waals surface area contributed by atoms with Gasteiger partial charge in [-0.15, -0.1) is 0 Å². The molecule has 2 aliphatic rings. The number of H-pyrrole nitrogens is 1. The lowest BCUT2D eigenvalue weighted by Gasteiger charge is -2.39. The molecule has 4 aromatic rings. The zero-order valence-corrected chi connectivity index (χ0v) is 26.1. The molecule has 5 nitrogen and oxygen atoms in total. The molecule has 6 rings (SSSR count). The molecule has 2 aromatic carbocycles. The number of aliphatic hydroxyl groups is 1. The molecule has 1 fully saturated rings. The summed E-state index contributed by atoms with van der Waals surface area (Å²) < 4.78 is 0. The topological polar surface area (TPSA) is 55.4 Å². The highest BCUT2D eigenvalue weighted by Gasteiger charge is 2.29. The van der Waals surface area contributed by atoms with Gasteiger partial charge in [-0.25, -0.2) is 4.98 Å². The van der Waals surface area contributed by atoms with Gasteiger partial charge in [0, 0.05) is 66.8 Å². The Kier molecular flexibility index (Phi) is 9.10. The molecule has 2 aromatic heterocycles. The van der Waals surface area contributed by atoms with E-state index in [0.717, 1.165) is 60.9 Å². The number of aryl methyl sites for hydroxylation is 2. The number of hydrogen-bond donors (Lipinski definition) is 2. The van der Waals surface area contributed by atoms with Gasteiger partial charge in [-0.3, -0.25) is 4.90 Å². The van der Waals surface area contributed by atoms with E-state index in [1.807, 2.05) is 50.5 Å². The van der Waals surface area contributed by atoms with E-state index < -0.39 is 0 Å². The van der Waals surface area contributed by atoms with Crippen molar-refractivity contribution in [3.8, 4) is 0 Å². The summed E-state index contributed by atoms with van der Waals surface area (Å²) in [5.41, 5.74) is 10.1. The van der Waals surface area contributed by atoms with Crippen molar-refractivity contribution in [1.29, 1.82) is 0 Å². The fourth-order valence-corrected chi connectivity index (χ4v) is 6.24. The van der Waals surface area contributed by atoms with Crippen LogP contribution >= 0.6 is 11.6 Å². The largest absolute Gasteiger partial charge is 0.508 e. The number of rotatable bonds is 5. The van der Waals surface area contributed by atoms with Crippen LogP contribution < -0.4 is 4.90 Å². The van der Waals surface area contributed by atoms with E-state index in [1.54, 1.807) is 5.57 Å². The highest BCUT2D eigenvalue weighted by Crippen LogP contribution is 2.43. The number of piperazine rings is 1. The molecule has 0 bridgehead atoms. The van der Waals surface area contributed by atoms with E-state index >= 15 is 0 Å². The van der Waals surface area contributed by atoms with Crippen molar-refractivity contribution < 1.29 is 5.11 Å². The van der Waals surface area contributed by atoms with Gasteiger partial charge < -0.3 is 15.0 Å². The third-order valence-electron chi connectivity index (χ3n) is 8.59. The monoisotopic (exact) mass is 582 g/mol. The van der Waals surface area contributed by atoms with Crippen LogP contribution in [-0.2, 0) is 0 Å². The van der Waals surface area contributed by atoms with Gasteiger partial charge >= 0.3 is 0 Å². The van der Waals surface area contributed by atoms with E-state index in [1.165, 1.54) is 40.6 Å². The third-order valence-corrected chi connectivity index (χ3v) is 8.84. The molecule has 0 atom stereocenters. The van der Waals surface area contributed by atoms with Gasteiger partial charge in [-0.05, 0) is 103 Å². The molecule has 0 unspecified atom stereocenters. The first-order chi connectivity index (χ1) is 20.1. The smallest absolute Gasteiger partial charge is 0.137 e. The van der Waals surface area contributed by atoms with Gasteiger partial charge in [0.25, 0.3) is 0 Å². The number of pyridine rings is 1. The zero-order chi connectivity index (χ0) is 29.9. The highest BCUT2D eigenvalue weighted by atomic mass is 35.5. The van der Waals surface area contributed by atoms with E-state index in [-0.39, 0.29) is 5.76 Å². The van der Waals surface area contributed by atoms with Crippen molar-refractivity contribution in [1.82, 2.24) is 14.9 Å². The normalized spacial score (nSPS) is 17.2. The first kappa shape index (κ1) is 29.9. The van der Waals surface area contributed by atoms with Gasteiger partial charge in [0.05, 0.1) is 0 Å². The Bertz CT molecular complexity index is 1580. The lowest BCUT2D eigenvalue weighted by atomic mass is 9.72. The SMILES string of the molecule is C=C(O)c1ccc(N2CCN(CC3=C(c4ccc(Cl)cc4)CC(C)(C)CC3)CC2)cc1C.Cc1cnc2[nH]ccc2c1. The van der Waals surface area contributed by atoms with Crippen molar-refractivity contribution in [2.24, 2.45) is 5.41 Å². The first-order valence-corrected chi connectivity index (χ1v) is 15.3. The maximum absolute atomic E-state index is 9.72. The van der Waals surface area contributed by atoms with E-state index in [9.17, 15) is 5.11 Å². The summed E-state index contributed by atoms with van der Waals surface area (Å²) in [6.45, 7) is 17.7. The average molecular weight is 583 g/mol. The Morgan fingerprint density at radius 3 is 2.45 bits per heavy atom. The molecule has 0 amide bonds. The van der Waals surface area contributed by atoms with Gasteiger partial charge in [-0.1, -0.05) is 49.7 Å². The minimum absolute atomic E-state index is 0.138. The van der Waals surface area contributed by atoms with Crippen LogP contribution in [0.2, 0.25) is 5.02 Å². The summed E-state index contributed by atoms with van der Waals surface area (Å²) in [5, 5.41) is 11.7. The van der Waals surface area contributed by atoms with Gasteiger partial charge in [0.1, 0.15) is 11.4 Å². The van der Waals surface area contributed by atoms with Crippen LogP contribution in [0, 0.1) is 19.3 Å². The van der Waals surface area contributed by atoms with Crippen molar-refractivity contribution in [3.63, 3.8) is 0 Å². The quantitative estimate of drug-likeness (QED) is 0.231. The molecule has 6 heteroatoms. The summed E-state index contributed by atoms with van der Waals surface area (Å²) in [4.78, 5) is 12.3. The van der Waals surface area contributed by atoms with Crippen LogP contribution in [-0.4, -0.2) is 52.7 Å². The van der Waals surface area contributed by atoms with Crippen LogP contribution in [0.5, 0.6) is 0 Å². The van der Waals surface area contributed by atoms with Crippen LogP contribution in [0.4, 0.5) is 5.69 Å². The zero-order valence-electron chi connectivity index (χ0n) is 25.4. The number of fused-ring (bicyclic) bond motifs is 1. The minimum Gasteiger partial charge on any atom is -0.508 e. The lowest BCUT2D eigenvalue weighted by Crippen LogP contribution is -2.47. The predicted molar refractivity (Wildman–Crippen MR) is 178 cm³/mol. The molecule has 220 valence electrons. The van der Waals surface area contributed by atoms with E-state index in [0.29, 0.717) is 5.41 Å². The predicted octanol–water partition coefficient (Wildman–Crippen LogP) is 8.83. The Morgan fingerprint density at radius 1 is 1.02 bits per heavy atom. The minimum atomic E-state index is 0.138. The van der Waals surface area contributed by atoms with Crippen LogP contribution in [0.25, 0.3) is 22.4 Å². The molecular formula is C36H43ClN4O. The summed E-state index contributed by atoms with van der Waals surface area (Å²) in [5.74, 6) is 0.138. The Balaban J connectivity index is 0.000000295. The van der Waals surface area contributed by atoms with Gasteiger partial charge in [0.2, 0.25) is 0 Å². The fraction of sp³-hybridized carbons (Fsp3) is 0.361. The van der Waals surface area contributed by atoms with E-state index in [2.05, 4.69) is 70.5 Å². The summed E-state index contributed by atoms with van der Waals surface area (Å²) in [6.07, 6.45) is 7.32. The maximum Gasteiger partial charge on any atom is 0.137 e. The molecule has 0 radical (unpaired) electrons. The lowest BCUT2D eigenvalue weighted by molar-refractivity contribution is 0.264.